The summed E-state index contributed by atoms with van der Waals surface area (Å²) in [7, 11) is 1.36. The van der Waals surface area contributed by atoms with E-state index in [1.54, 1.807) is 24.4 Å². The number of hydrogen-bond donors (Lipinski definition) is 1. The van der Waals surface area contributed by atoms with Crippen LogP contribution in [-0.4, -0.2) is 28.3 Å². The fraction of sp³-hybridized carbons (Fsp3) is 0.0500. The predicted molar refractivity (Wildman–Crippen MR) is 101 cm³/mol. The highest BCUT2D eigenvalue weighted by molar-refractivity contribution is 6.31. The number of H-pyrrole nitrogens is 1. The number of aromatic nitrogens is 3. The molecule has 5 nitrogen and oxygen atoms in total. The van der Waals surface area contributed by atoms with E-state index in [1.807, 2.05) is 36.4 Å². The molecule has 26 heavy (non-hydrogen) atoms. The van der Waals surface area contributed by atoms with E-state index in [2.05, 4.69) is 10.2 Å². The molecule has 1 N–H and O–H groups in total. The Balaban J connectivity index is 1.95. The Labute approximate surface area is 154 Å². The Kier molecular flexibility index (Phi) is 4.14. The summed E-state index contributed by atoms with van der Waals surface area (Å²) in [5.41, 5.74) is 4.63. The maximum atomic E-state index is 11.8. The van der Waals surface area contributed by atoms with E-state index in [-0.39, 0.29) is 5.97 Å². The lowest BCUT2D eigenvalue weighted by Crippen LogP contribution is -2.01. The third kappa shape index (κ3) is 2.93. The fourth-order valence-electron chi connectivity index (χ4n) is 2.90. The molecule has 0 saturated carbocycles. The zero-order chi connectivity index (χ0) is 18.1. The van der Waals surface area contributed by atoms with Crippen LogP contribution < -0.4 is 0 Å². The Hall–Kier alpha value is -3.18. The molecule has 0 bridgehead atoms. The summed E-state index contributed by atoms with van der Waals surface area (Å²) in [5, 5.41) is 8.61. The average molecular weight is 364 g/mol. The first-order valence-corrected chi connectivity index (χ1v) is 8.32. The lowest BCUT2D eigenvalue weighted by atomic mass is 10.0. The van der Waals surface area contributed by atoms with E-state index in [4.69, 9.17) is 21.3 Å². The van der Waals surface area contributed by atoms with Gasteiger partial charge in [-0.1, -0.05) is 29.8 Å². The number of fused-ring (bicyclic) bond motifs is 1. The van der Waals surface area contributed by atoms with Crippen LogP contribution in [-0.2, 0) is 4.74 Å². The molecule has 6 heteroatoms. The monoisotopic (exact) mass is 363 g/mol. The Morgan fingerprint density at radius 1 is 1.12 bits per heavy atom. The first-order chi connectivity index (χ1) is 12.7. The van der Waals surface area contributed by atoms with Crippen LogP contribution in [0.2, 0.25) is 5.02 Å². The summed E-state index contributed by atoms with van der Waals surface area (Å²) in [6, 6.07) is 16.7. The summed E-state index contributed by atoms with van der Waals surface area (Å²) in [6.07, 6.45) is 1.70. The number of nitrogens with one attached hydrogen (secondary N) is 1. The number of esters is 1. The van der Waals surface area contributed by atoms with Gasteiger partial charge >= 0.3 is 5.97 Å². The van der Waals surface area contributed by atoms with Crippen molar-refractivity contribution >= 4 is 28.5 Å². The summed E-state index contributed by atoms with van der Waals surface area (Å²) in [6.45, 7) is 0. The van der Waals surface area contributed by atoms with Crippen molar-refractivity contribution in [2.45, 2.75) is 0 Å². The van der Waals surface area contributed by atoms with Crippen LogP contribution in [0.15, 0.2) is 60.8 Å². The number of benzene rings is 2. The van der Waals surface area contributed by atoms with E-state index < -0.39 is 0 Å². The largest absolute Gasteiger partial charge is 0.465 e. The van der Waals surface area contributed by atoms with Crippen molar-refractivity contribution in [3.05, 3.63) is 71.4 Å². The van der Waals surface area contributed by atoms with Crippen molar-refractivity contribution in [3.8, 4) is 22.5 Å². The molecule has 0 spiro atoms. The summed E-state index contributed by atoms with van der Waals surface area (Å²) in [4.78, 5) is 16.6. The van der Waals surface area contributed by atoms with Crippen molar-refractivity contribution in [1.82, 2.24) is 15.2 Å². The molecule has 0 amide bonds. The van der Waals surface area contributed by atoms with Gasteiger partial charge in [-0.15, -0.1) is 0 Å². The zero-order valence-corrected chi connectivity index (χ0v) is 14.6. The molecule has 2 aromatic carbocycles. The van der Waals surface area contributed by atoms with E-state index in [1.165, 1.54) is 7.11 Å². The van der Waals surface area contributed by atoms with Crippen molar-refractivity contribution < 1.29 is 9.53 Å². The van der Waals surface area contributed by atoms with Crippen LogP contribution in [0, 0.1) is 0 Å². The Bertz CT molecular complexity index is 1110. The molecular formula is C20H14ClN3O2. The van der Waals surface area contributed by atoms with Gasteiger partial charge in [0.05, 0.1) is 29.6 Å². The number of halogens is 1. The predicted octanol–water partition coefficient (Wildman–Crippen LogP) is 4.73. The maximum absolute atomic E-state index is 11.8. The number of pyridine rings is 1. The lowest BCUT2D eigenvalue weighted by molar-refractivity contribution is 0.0601. The van der Waals surface area contributed by atoms with Gasteiger partial charge in [0, 0.05) is 27.7 Å². The Morgan fingerprint density at radius 3 is 2.77 bits per heavy atom. The first-order valence-electron chi connectivity index (χ1n) is 7.94. The van der Waals surface area contributed by atoms with Crippen molar-refractivity contribution in [3.63, 3.8) is 0 Å². The third-order valence-electron chi connectivity index (χ3n) is 4.14. The van der Waals surface area contributed by atoms with Crippen LogP contribution in [0.3, 0.4) is 0 Å². The Morgan fingerprint density at radius 2 is 2.00 bits per heavy atom. The van der Waals surface area contributed by atoms with Gasteiger partial charge in [-0.05, 0) is 36.4 Å². The molecule has 128 valence electrons. The average Bonchev–Trinajstić information content (AvgIpc) is 3.21. The molecule has 2 aromatic heterocycles. The van der Waals surface area contributed by atoms with Crippen LogP contribution in [0.25, 0.3) is 33.4 Å². The normalized spacial score (nSPS) is 10.8. The molecule has 0 saturated heterocycles. The zero-order valence-electron chi connectivity index (χ0n) is 13.9. The SMILES string of the molecule is COC(=O)c1cccc(-c2cc(-c3ccn[nH]3)c3ccc(Cl)cc3n2)c1. The molecule has 4 aromatic rings. The number of carbonyl (C=O) groups is 1. The minimum absolute atomic E-state index is 0.385. The third-order valence-corrected chi connectivity index (χ3v) is 4.38. The minimum Gasteiger partial charge on any atom is -0.465 e. The van der Waals surface area contributed by atoms with Gasteiger partial charge < -0.3 is 4.74 Å². The van der Waals surface area contributed by atoms with Gasteiger partial charge in [-0.25, -0.2) is 9.78 Å². The fourth-order valence-corrected chi connectivity index (χ4v) is 3.07. The van der Waals surface area contributed by atoms with Crippen LogP contribution >= 0.6 is 11.6 Å². The molecule has 0 aliphatic heterocycles. The number of rotatable bonds is 3. The lowest BCUT2D eigenvalue weighted by Gasteiger charge is -2.10. The van der Waals surface area contributed by atoms with Crippen LogP contribution in [0.4, 0.5) is 0 Å². The van der Waals surface area contributed by atoms with Gasteiger partial charge in [-0.3, -0.25) is 5.10 Å². The van der Waals surface area contributed by atoms with E-state index in [9.17, 15) is 4.79 Å². The van der Waals surface area contributed by atoms with E-state index in [0.29, 0.717) is 10.6 Å². The highest BCUT2D eigenvalue weighted by atomic mass is 35.5. The van der Waals surface area contributed by atoms with Crippen molar-refractivity contribution in [2.24, 2.45) is 0 Å². The number of aromatic amines is 1. The minimum atomic E-state index is -0.385. The van der Waals surface area contributed by atoms with Gasteiger partial charge in [-0.2, -0.15) is 5.10 Å². The number of nitrogens with zero attached hydrogens (tertiary/aromatic N) is 2. The highest BCUT2D eigenvalue weighted by Gasteiger charge is 2.13. The quantitative estimate of drug-likeness (QED) is 0.534. The van der Waals surface area contributed by atoms with Crippen LogP contribution in [0.1, 0.15) is 10.4 Å². The highest BCUT2D eigenvalue weighted by Crippen LogP contribution is 2.32. The molecule has 4 rings (SSSR count). The second-order valence-electron chi connectivity index (χ2n) is 5.76. The second-order valence-corrected chi connectivity index (χ2v) is 6.20. The van der Waals surface area contributed by atoms with Crippen molar-refractivity contribution in [2.75, 3.05) is 7.11 Å². The standard InChI is InChI=1S/C20H14ClN3O2/c1-26-20(25)13-4-2-3-12(9-13)18-11-16(17-7-8-22-24-17)15-6-5-14(21)10-19(15)23-18/h2-11H,1H3,(H,22,24). The van der Waals surface area contributed by atoms with Gasteiger partial charge in [0.15, 0.2) is 0 Å². The first kappa shape index (κ1) is 16.3. The van der Waals surface area contributed by atoms with E-state index >= 15 is 0 Å². The molecule has 0 fully saturated rings. The molecule has 0 unspecified atom stereocenters. The number of hydrogen-bond acceptors (Lipinski definition) is 4. The molecule has 0 atom stereocenters. The van der Waals surface area contributed by atoms with Crippen LogP contribution in [0.5, 0.6) is 0 Å². The molecule has 2 heterocycles. The maximum Gasteiger partial charge on any atom is 0.337 e. The molecular weight excluding hydrogens is 350 g/mol. The summed E-state index contributed by atoms with van der Waals surface area (Å²) >= 11 is 6.16. The van der Waals surface area contributed by atoms with Gasteiger partial charge in [0.2, 0.25) is 0 Å². The van der Waals surface area contributed by atoms with Gasteiger partial charge in [0.25, 0.3) is 0 Å². The topological polar surface area (TPSA) is 67.9 Å². The van der Waals surface area contributed by atoms with Gasteiger partial charge in [0.1, 0.15) is 0 Å². The number of methoxy groups -OCH3 is 1. The second kappa shape index (κ2) is 6.61. The summed E-state index contributed by atoms with van der Waals surface area (Å²) < 4.78 is 4.81. The molecule has 0 aliphatic carbocycles. The van der Waals surface area contributed by atoms with Crippen molar-refractivity contribution in [1.29, 1.82) is 0 Å². The van der Waals surface area contributed by atoms with E-state index in [0.717, 1.165) is 33.4 Å². The molecule has 0 radical (unpaired) electrons. The smallest absolute Gasteiger partial charge is 0.337 e. The number of ether oxygens (including phenoxy) is 1. The summed E-state index contributed by atoms with van der Waals surface area (Å²) in [5.74, 6) is -0.385. The number of carbonyl (C=O) groups excluding carboxylic acids is 1. The molecule has 0 aliphatic rings.